The molecule has 2 atom stereocenters. The van der Waals surface area contributed by atoms with Crippen LogP contribution in [0.3, 0.4) is 0 Å². The van der Waals surface area contributed by atoms with Crippen molar-refractivity contribution in [2.45, 2.75) is 76.8 Å². The number of nitrogens with one attached hydrogen (secondary N) is 1. The molecule has 1 spiro atoms. The Bertz CT molecular complexity index is 1370. The Hall–Kier alpha value is -3.00. The fraction of sp³-hybridized carbons (Fsp3) is 0.533. The van der Waals surface area contributed by atoms with Crippen LogP contribution in [0.4, 0.5) is 19.3 Å². The van der Waals surface area contributed by atoms with Crippen LogP contribution in [-0.2, 0) is 17.6 Å². The molecule has 8 heteroatoms. The van der Waals surface area contributed by atoms with Crippen LogP contribution >= 0.6 is 0 Å². The highest BCUT2D eigenvalue weighted by molar-refractivity contribution is 5.95. The summed E-state index contributed by atoms with van der Waals surface area (Å²) in [6, 6.07) is 8.70. The summed E-state index contributed by atoms with van der Waals surface area (Å²) in [5.41, 5.74) is 5.20. The van der Waals surface area contributed by atoms with E-state index in [9.17, 15) is 13.6 Å². The van der Waals surface area contributed by atoms with E-state index in [1.165, 1.54) is 32.1 Å². The number of ether oxygens (including phenoxy) is 1. The number of hydrogen-bond donors (Lipinski definition) is 1. The number of methoxy groups -OCH3 is 1. The third-order valence-electron chi connectivity index (χ3n) is 9.20. The zero-order chi connectivity index (χ0) is 26.6. The topological polar surface area (TPSA) is 59.4 Å². The first kappa shape index (κ1) is 25.3. The number of benzene rings is 2. The summed E-state index contributed by atoms with van der Waals surface area (Å²) in [5.74, 6) is -0.662. The molecule has 202 valence electrons. The third kappa shape index (κ3) is 4.17. The molecule has 1 aliphatic carbocycles. The van der Waals surface area contributed by atoms with Crippen LogP contribution in [0, 0.1) is 17.0 Å². The predicted molar refractivity (Wildman–Crippen MR) is 144 cm³/mol. The van der Waals surface area contributed by atoms with Crippen LogP contribution in [0.25, 0.3) is 11.0 Å². The maximum atomic E-state index is 14.0. The van der Waals surface area contributed by atoms with Gasteiger partial charge in [0.15, 0.2) is 11.6 Å². The number of carbonyl (C=O) groups excluding carboxylic acids is 1. The molecular formula is C30H36F2N4O2. The highest BCUT2D eigenvalue weighted by Crippen LogP contribution is 2.46. The van der Waals surface area contributed by atoms with Crippen LogP contribution in [0.5, 0.6) is 0 Å². The predicted octanol–water partition coefficient (Wildman–Crippen LogP) is 6.27. The molecule has 2 aliphatic heterocycles. The zero-order valence-electron chi connectivity index (χ0n) is 22.4. The normalized spacial score (nSPS) is 21.8. The summed E-state index contributed by atoms with van der Waals surface area (Å²) >= 11 is 0. The largest absolute Gasteiger partial charge is 0.452 e. The summed E-state index contributed by atoms with van der Waals surface area (Å²) in [7, 11) is 1.42. The molecule has 2 aromatic carbocycles. The molecule has 1 aromatic heterocycles. The number of fused-ring (bicyclic) bond motifs is 3. The van der Waals surface area contributed by atoms with E-state index in [0.717, 1.165) is 72.4 Å². The van der Waals surface area contributed by atoms with Gasteiger partial charge in [0.2, 0.25) is 0 Å². The van der Waals surface area contributed by atoms with Crippen LogP contribution in [0.1, 0.15) is 74.9 Å². The molecule has 1 amide bonds. The molecule has 2 fully saturated rings. The Morgan fingerprint density at radius 1 is 1.16 bits per heavy atom. The van der Waals surface area contributed by atoms with Crippen molar-refractivity contribution in [3.63, 3.8) is 0 Å². The van der Waals surface area contributed by atoms with E-state index in [1.54, 1.807) is 11.0 Å². The molecule has 38 heavy (non-hydrogen) atoms. The van der Waals surface area contributed by atoms with Gasteiger partial charge in [0.25, 0.3) is 0 Å². The molecule has 6 rings (SSSR count). The minimum Gasteiger partial charge on any atom is -0.452 e. The molecular weight excluding hydrogens is 486 g/mol. The second-order valence-electron chi connectivity index (χ2n) is 11.7. The highest BCUT2D eigenvalue weighted by Gasteiger charge is 2.41. The Balaban J connectivity index is 1.43. The molecule has 3 aromatic rings. The minimum atomic E-state index is -0.828. The fourth-order valence-corrected chi connectivity index (χ4v) is 6.94. The quantitative estimate of drug-likeness (QED) is 0.439. The van der Waals surface area contributed by atoms with Crippen molar-refractivity contribution < 1.29 is 18.3 Å². The Kier molecular flexibility index (Phi) is 6.41. The number of aromatic nitrogens is 2. The standard InChI is InChI=1S/C30H36F2N4O2/c1-18(14-20-5-7-23(31)24(32)15-20)28-34-27-22-6-4-19(2)35(29(37)38-3)25(22)8-9-26(27)36(28)21-10-12-30(13-11-21)16-33-17-30/h5,7-9,15,18-19,21,33H,4,6,10-14,16-17H2,1-3H3/t18?,19-/m0/s1. The SMILES string of the molecule is COC(=O)N1c2ccc3c(nc(C(C)Cc4ccc(F)c(F)c4)n3C3CCC4(CC3)CNC4)c2CC[C@@H]1C. The van der Waals surface area contributed by atoms with Crippen molar-refractivity contribution >= 4 is 22.8 Å². The lowest BCUT2D eigenvalue weighted by Crippen LogP contribution is -2.54. The van der Waals surface area contributed by atoms with Crippen molar-refractivity contribution in [2.75, 3.05) is 25.1 Å². The summed E-state index contributed by atoms with van der Waals surface area (Å²) in [6.07, 6.45) is 6.48. The average molecular weight is 523 g/mol. The van der Waals surface area contributed by atoms with Crippen molar-refractivity contribution in [3.8, 4) is 0 Å². The van der Waals surface area contributed by atoms with Gasteiger partial charge in [0.1, 0.15) is 5.82 Å². The van der Waals surface area contributed by atoms with Crippen molar-refractivity contribution in [1.29, 1.82) is 0 Å². The van der Waals surface area contributed by atoms with Crippen molar-refractivity contribution in [1.82, 2.24) is 14.9 Å². The molecule has 1 saturated heterocycles. The van der Waals surface area contributed by atoms with E-state index in [0.29, 0.717) is 17.9 Å². The van der Waals surface area contributed by atoms with Gasteiger partial charge in [0.05, 0.1) is 23.8 Å². The van der Waals surface area contributed by atoms with Crippen LogP contribution in [0.15, 0.2) is 30.3 Å². The van der Waals surface area contributed by atoms with E-state index in [-0.39, 0.29) is 18.1 Å². The average Bonchev–Trinajstić information content (AvgIpc) is 3.29. The number of halogens is 2. The molecule has 6 nitrogen and oxygen atoms in total. The van der Waals surface area contributed by atoms with Crippen LogP contribution < -0.4 is 10.2 Å². The smallest absolute Gasteiger partial charge is 0.414 e. The monoisotopic (exact) mass is 522 g/mol. The Labute approximate surface area is 222 Å². The van der Waals surface area contributed by atoms with Gasteiger partial charge in [-0.3, -0.25) is 4.90 Å². The van der Waals surface area contributed by atoms with E-state index >= 15 is 0 Å². The summed E-state index contributed by atoms with van der Waals surface area (Å²) in [5, 5.41) is 3.45. The zero-order valence-corrected chi connectivity index (χ0v) is 22.4. The Morgan fingerprint density at radius 3 is 2.58 bits per heavy atom. The first-order valence-corrected chi connectivity index (χ1v) is 13.9. The molecule has 3 heterocycles. The number of rotatable bonds is 4. The Morgan fingerprint density at radius 2 is 1.92 bits per heavy atom. The van der Waals surface area contributed by atoms with E-state index in [2.05, 4.69) is 22.9 Å². The highest BCUT2D eigenvalue weighted by atomic mass is 19.2. The summed E-state index contributed by atoms with van der Waals surface area (Å²) in [4.78, 5) is 19.7. The van der Waals surface area contributed by atoms with E-state index < -0.39 is 11.6 Å². The van der Waals surface area contributed by atoms with E-state index in [4.69, 9.17) is 9.72 Å². The molecule has 1 N–H and O–H groups in total. The van der Waals surface area contributed by atoms with Gasteiger partial charge in [-0.1, -0.05) is 13.0 Å². The lowest BCUT2D eigenvalue weighted by molar-refractivity contribution is 0.0842. The molecule has 1 unspecified atom stereocenters. The van der Waals surface area contributed by atoms with Gasteiger partial charge in [-0.25, -0.2) is 18.6 Å². The molecule has 0 bridgehead atoms. The molecule has 3 aliphatic rings. The first-order valence-electron chi connectivity index (χ1n) is 13.9. The van der Waals surface area contributed by atoms with Gasteiger partial charge < -0.3 is 14.6 Å². The van der Waals surface area contributed by atoms with Gasteiger partial charge in [-0.05, 0) is 87.1 Å². The molecule has 1 saturated carbocycles. The van der Waals surface area contributed by atoms with Gasteiger partial charge in [-0.15, -0.1) is 0 Å². The number of carbonyl (C=O) groups is 1. The fourth-order valence-electron chi connectivity index (χ4n) is 6.94. The third-order valence-corrected chi connectivity index (χ3v) is 9.20. The summed E-state index contributed by atoms with van der Waals surface area (Å²) < 4.78 is 35.1. The second kappa shape index (κ2) is 9.63. The van der Waals surface area contributed by atoms with Gasteiger partial charge in [0, 0.05) is 36.7 Å². The number of amides is 1. The lowest BCUT2D eigenvalue weighted by atomic mass is 9.68. The van der Waals surface area contributed by atoms with Crippen LogP contribution in [-0.4, -0.2) is 41.9 Å². The first-order chi connectivity index (χ1) is 18.3. The molecule has 0 radical (unpaired) electrons. The second-order valence-corrected chi connectivity index (χ2v) is 11.7. The number of nitrogens with zero attached hydrogens (tertiary/aromatic N) is 3. The number of imidazole rings is 1. The van der Waals surface area contributed by atoms with Gasteiger partial charge >= 0.3 is 6.09 Å². The number of anilines is 1. The maximum absolute atomic E-state index is 14.0. The number of aryl methyl sites for hydroxylation is 1. The van der Waals surface area contributed by atoms with Crippen molar-refractivity contribution in [3.05, 3.63) is 58.9 Å². The maximum Gasteiger partial charge on any atom is 0.414 e. The van der Waals surface area contributed by atoms with Crippen LogP contribution in [0.2, 0.25) is 0 Å². The lowest BCUT2D eigenvalue weighted by Gasteiger charge is -2.48. The number of hydrogen-bond acceptors (Lipinski definition) is 4. The van der Waals surface area contributed by atoms with E-state index in [1.807, 2.05) is 13.0 Å². The minimum absolute atomic E-state index is 0.00314. The van der Waals surface area contributed by atoms with Gasteiger partial charge in [-0.2, -0.15) is 0 Å². The summed E-state index contributed by atoms with van der Waals surface area (Å²) in [6.45, 7) is 6.39. The van der Waals surface area contributed by atoms with Crippen molar-refractivity contribution in [2.24, 2.45) is 5.41 Å².